The van der Waals surface area contributed by atoms with E-state index in [9.17, 15) is 0 Å². The Hall–Kier alpha value is -2.16. The van der Waals surface area contributed by atoms with E-state index in [2.05, 4.69) is 72.2 Å². The second kappa shape index (κ2) is 8.89. The molecule has 0 unspecified atom stereocenters. The molecule has 3 heteroatoms. The van der Waals surface area contributed by atoms with Crippen LogP contribution in [0.3, 0.4) is 0 Å². The molecule has 0 aliphatic carbocycles. The van der Waals surface area contributed by atoms with Gasteiger partial charge in [0, 0.05) is 31.9 Å². The van der Waals surface area contributed by atoms with Crippen LogP contribution in [0.5, 0.6) is 5.75 Å². The number of anilines is 2. The summed E-state index contributed by atoms with van der Waals surface area (Å²) in [5, 5.41) is 0. The molecule has 3 nitrogen and oxygen atoms in total. The van der Waals surface area contributed by atoms with E-state index in [0.717, 1.165) is 30.7 Å². The van der Waals surface area contributed by atoms with Gasteiger partial charge in [-0.1, -0.05) is 44.2 Å². The summed E-state index contributed by atoms with van der Waals surface area (Å²) >= 11 is 0. The highest BCUT2D eigenvalue weighted by Gasteiger charge is 2.22. The van der Waals surface area contributed by atoms with Crippen molar-refractivity contribution in [2.75, 3.05) is 36.0 Å². The van der Waals surface area contributed by atoms with E-state index in [4.69, 9.17) is 4.74 Å². The molecule has 4 rings (SSSR count). The highest BCUT2D eigenvalue weighted by molar-refractivity contribution is 5.67. The molecule has 0 bridgehead atoms. The average Bonchev–Trinajstić information content (AvgIpc) is 2.74. The van der Waals surface area contributed by atoms with Crippen LogP contribution in [0.4, 0.5) is 11.4 Å². The summed E-state index contributed by atoms with van der Waals surface area (Å²) in [5.41, 5.74) is 3.85. The third-order valence-electron chi connectivity index (χ3n) is 6.45. The topological polar surface area (TPSA) is 15.7 Å². The minimum Gasteiger partial charge on any atom is -0.487 e. The molecule has 2 aliphatic rings. The molecule has 2 fully saturated rings. The van der Waals surface area contributed by atoms with E-state index in [1.54, 1.807) is 0 Å². The summed E-state index contributed by atoms with van der Waals surface area (Å²) in [7, 11) is 0. The van der Waals surface area contributed by atoms with Gasteiger partial charge in [0.15, 0.2) is 0 Å². The lowest BCUT2D eigenvalue weighted by Crippen LogP contribution is -2.34. The van der Waals surface area contributed by atoms with Gasteiger partial charge in [-0.05, 0) is 61.3 Å². The van der Waals surface area contributed by atoms with Gasteiger partial charge in [-0.3, -0.25) is 0 Å². The first kappa shape index (κ1) is 19.2. The largest absolute Gasteiger partial charge is 0.487 e. The van der Waals surface area contributed by atoms with Gasteiger partial charge in [0.2, 0.25) is 0 Å². The van der Waals surface area contributed by atoms with Gasteiger partial charge in [0.05, 0.1) is 5.69 Å². The Kier molecular flexibility index (Phi) is 6.09. The third kappa shape index (κ3) is 4.63. The summed E-state index contributed by atoms with van der Waals surface area (Å²) in [6.07, 6.45) is 5.12. The van der Waals surface area contributed by atoms with Crippen molar-refractivity contribution in [2.45, 2.75) is 46.1 Å². The predicted octanol–water partition coefficient (Wildman–Crippen LogP) is 5.74. The van der Waals surface area contributed by atoms with Gasteiger partial charge in [-0.15, -0.1) is 0 Å². The Labute approximate surface area is 170 Å². The molecule has 0 saturated carbocycles. The van der Waals surface area contributed by atoms with Crippen LogP contribution in [-0.2, 0) is 6.61 Å². The Bertz CT molecular complexity index is 744. The van der Waals surface area contributed by atoms with Gasteiger partial charge in [-0.25, -0.2) is 0 Å². The quantitative estimate of drug-likeness (QED) is 0.660. The van der Waals surface area contributed by atoms with Crippen molar-refractivity contribution in [1.29, 1.82) is 0 Å². The number of benzene rings is 2. The molecule has 0 spiro atoms. The second-order valence-corrected chi connectivity index (χ2v) is 8.77. The fraction of sp³-hybridized carbons (Fsp3) is 0.520. The maximum absolute atomic E-state index is 6.30. The fourth-order valence-electron chi connectivity index (χ4n) is 4.32. The zero-order valence-electron chi connectivity index (χ0n) is 17.4. The van der Waals surface area contributed by atoms with Crippen LogP contribution in [0.2, 0.25) is 0 Å². The lowest BCUT2D eigenvalue weighted by atomic mass is 9.97. The smallest absolute Gasteiger partial charge is 0.143 e. The van der Waals surface area contributed by atoms with Gasteiger partial charge in [0.25, 0.3) is 0 Å². The first-order chi connectivity index (χ1) is 13.7. The van der Waals surface area contributed by atoms with Crippen LogP contribution in [0.15, 0.2) is 48.5 Å². The van der Waals surface area contributed by atoms with Crippen molar-refractivity contribution >= 4 is 11.4 Å². The molecule has 0 atom stereocenters. The van der Waals surface area contributed by atoms with Gasteiger partial charge in [0.1, 0.15) is 12.4 Å². The Balaban J connectivity index is 1.55. The minimum absolute atomic E-state index is 0.624. The molecule has 0 amide bonds. The zero-order valence-corrected chi connectivity index (χ0v) is 17.4. The molecule has 28 heavy (non-hydrogen) atoms. The number of hydrogen-bond acceptors (Lipinski definition) is 3. The summed E-state index contributed by atoms with van der Waals surface area (Å²) in [6.45, 7) is 9.96. The Morgan fingerprint density at radius 3 is 2.04 bits per heavy atom. The maximum Gasteiger partial charge on any atom is 0.143 e. The Morgan fingerprint density at radius 1 is 0.786 bits per heavy atom. The van der Waals surface area contributed by atoms with Gasteiger partial charge >= 0.3 is 0 Å². The number of rotatable bonds is 5. The summed E-state index contributed by atoms with van der Waals surface area (Å²) in [4.78, 5) is 5.09. The van der Waals surface area contributed by atoms with E-state index in [-0.39, 0.29) is 0 Å². The van der Waals surface area contributed by atoms with Crippen LogP contribution >= 0.6 is 0 Å². The average molecular weight is 379 g/mol. The van der Waals surface area contributed by atoms with Crippen molar-refractivity contribution in [3.63, 3.8) is 0 Å². The molecule has 0 N–H and O–H groups in total. The minimum atomic E-state index is 0.624. The maximum atomic E-state index is 6.30. The van der Waals surface area contributed by atoms with E-state index in [1.165, 1.54) is 55.7 Å². The molecule has 2 aromatic carbocycles. The predicted molar refractivity (Wildman–Crippen MR) is 118 cm³/mol. The molecular weight excluding hydrogens is 344 g/mol. The normalized spacial score (nSPS) is 19.1. The van der Waals surface area contributed by atoms with Crippen molar-refractivity contribution in [1.82, 2.24) is 0 Å². The van der Waals surface area contributed by atoms with Gasteiger partial charge < -0.3 is 14.5 Å². The van der Waals surface area contributed by atoms with Crippen molar-refractivity contribution < 1.29 is 4.74 Å². The molecule has 2 aliphatic heterocycles. The highest BCUT2D eigenvalue weighted by atomic mass is 16.5. The molecule has 2 heterocycles. The van der Waals surface area contributed by atoms with Gasteiger partial charge in [-0.2, -0.15) is 0 Å². The van der Waals surface area contributed by atoms with Crippen LogP contribution in [-0.4, -0.2) is 26.2 Å². The third-order valence-corrected chi connectivity index (χ3v) is 6.45. The van der Waals surface area contributed by atoms with E-state index in [0.29, 0.717) is 6.61 Å². The summed E-state index contributed by atoms with van der Waals surface area (Å²) < 4.78 is 6.30. The number of piperidine rings is 2. The number of nitrogens with zero attached hydrogens (tertiary/aromatic N) is 2. The van der Waals surface area contributed by atoms with Crippen LogP contribution in [0.25, 0.3) is 0 Å². The zero-order chi connectivity index (χ0) is 19.3. The fourth-order valence-corrected chi connectivity index (χ4v) is 4.32. The molecule has 2 aromatic rings. The number of hydrogen-bond donors (Lipinski definition) is 0. The van der Waals surface area contributed by atoms with Crippen LogP contribution in [0.1, 0.15) is 45.1 Å². The molecule has 0 aromatic heterocycles. The summed E-state index contributed by atoms with van der Waals surface area (Å²) in [5.74, 6) is 2.71. The SMILES string of the molecule is CC1CCN(c2ccc(OCc3ccccc3)c(N3CCC(C)CC3)c2)CC1. The summed E-state index contributed by atoms with van der Waals surface area (Å²) in [6, 6.07) is 17.3. The molecule has 150 valence electrons. The lowest BCUT2D eigenvalue weighted by Gasteiger charge is -2.36. The number of ether oxygens (including phenoxy) is 1. The van der Waals surface area contributed by atoms with Crippen molar-refractivity contribution in [3.05, 3.63) is 54.1 Å². The molecule has 0 radical (unpaired) electrons. The van der Waals surface area contributed by atoms with Crippen LogP contribution < -0.4 is 14.5 Å². The monoisotopic (exact) mass is 378 g/mol. The van der Waals surface area contributed by atoms with Crippen molar-refractivity contribution in [2.24, 2.45) is 11.8 Å². The molecule has 2 saturated heterocycles. The first-order valence-corrected chi connectivity index (χ1v) is 11.0. The van der Waals surface area contributed by atoms with E-state index >= 15 is 0 Å². The standard InChI is InChI=1S/C25H34N2O/c1-20-10-14-26(15-11-20)23-8-9-25(28-19-22-6-4-3-5-7-22)24(18-23)27-16-12-21(2)13-17-27/h3-9,18,20-21H,10-17,19H2,1-2H3. The van der Waals surface area contributed by atoms with E-state index < -0.39 is 0 Å². The Morgan fingerprint density at radius 2 is 1.39 bits per heavy atom. The molecular formula is C25H34N2O. The first-order valence-electron chi connectivity index (χ1n) is 11.0. The van der Waals surface area contributed by atoms with Crippen LogP contribution in [0, 0.1) is 11.8 Å². The highest BCUT2D eigenvalue weighted by Crippen LogP contribution is 2.36. The lowest BCUT2D eigenvalue weighted by molar-refractivity contribution is 0.305. The van der Waals surface area contributed by atoms with Crippen molar-refractivity contribution in [3.8, 4) is 5.75 Å². The second-order valence-electron chi connectivity index (χ2n) is 8.77. The van der Waals surface area contributed by atoms with E-state index in [1.807, 2.05) is 0 Å².